The molecule has 0 aromatic carbocycles. The molecule has 0 amide bonds. The van der Waals surface area contributed by atoms with Crippen molar-refractivity contribution in [1.29, 1.82) is 0 Å². The van der Waals surface area contributed by atoms with E-state index in [1.807, 2.05) is 0 Å². The van der Waals surface area contributed by atoms with E-state index < -0.39 is 18.3 Å². The second-order valence-electron chi connectivity index (χ2n) is 4.12. The van der Waals surface area contributed by atoms with Crippen molar-refractivity contribution in [1.82, 2.24) is 14.8 Å². The molecule has 0 radical (unpaired) electrons. The van der Waals surface area contributed by atoms with Crippen LogP contribution >= 0.6 is 15.9 Å². The van der Waals surface area contributed by atoms with Crippen LogP contribution in [0.15, 0.2) is 39.9 Å². The highest BCUT2D eigenvalue weighted by atomic mass is 79.9. The van der Waals surface area contributed by atoms with Crippen molar-refractivity contribution in [3.05, 3.63) is 51.1 Å². The Morgan fingerprint density at radius 1 is 1.33 bits per heavy atom. The van der Waals surface area contributed by atoms with Gasteiger partial charge in [-0.1, -0.05) is 6.07 Å². The maximum absolute atomic E-state index is 12.3. The van der Waals surface area contributed by atoms with Crippen LogP contribution in [0.1, 0.15) is 5.69 Å². The van der Waals surface area contributed by atoms with Crippen LogP contribution in [0.5, 0.6) is 0 Å². The maximum Gasteiger partial charge on any atom is 0.408 e. The summed E-state index contributed by atoms with van der Waals surface area (Å²) in [6.45, 7) is -1.10. The molecule has 5 nitrogen and oxygen atoms in total. The smallest absolute Gasteiger partial charge is 0.377 e. The highest BCUT2D eigenvalue weighted by Gasteiger charge is 2.29. The van der Waals surface area contributed by atoms with Crippen molar-refractivity contribution < 1.29 is 13.2 Å². The Bertz CT molecular complexity index is 672. The van der Waals surface area contributed by atoms with Gasteiger partial charge in [0.2, 0.25) is 0 Å². The second-order valence-corrected chi connectivity index (χ2v) is 4.92. The predicted molar refractivity (Wildman–Crippen MR) is 73.8 cm³/mol. The zero-order valence-corrected chi connectivity index (χ0v) is 12.1. The Kier molecular flexibility index (Phi) is 4.61. The molecule has 0 aliphatic carbocycles. The van der Waals surface area contributed by atoms with Crippen LogP contribution in [0.25, 0.3) is 0 Å². The van der Waals surface area contributed by atoms with Gasteiger partial charge in [-0.3, -0.25) is 9.78 Å². The highest BCUT2D eigenvalue weighted by molar-refractivity contribution is 9.10. The number of hydrogen-bond acceptors (Lipinski definition) is 4. The third kappa shape index (κ3) is 4.28. The number of alkyl halides is 3. The Balaban J connectivity index is 2.15. The Morgan fingerprint density at radius 3 is 2.71 bits per heavy atom. The van der Waals surface area contributed by atoms with Gasteiger partial charge in [-0.2, -0.15) is 18.3 Å². The van der Waals surface area contributed by atoms with Gasteiger partial charge in [-0.25, -0.2) is 4.68 Å². The van der Waals surface area contributed by atoms with Gasteiger partial charge in [0, 0.05) is 6.20 Å². The molecule has 112 valence electrons. The third-order valence-corrected chi connectivity index (χ3v) is 3.27. The molecule has 9 heteroatoms. The van der Waals surface area contributed by atoms with Gasteiger partial charge in [-0.15, -0.1) is 0 Å². The molecule has 1 N–H and O–H groups in total. The first-order chi connectivity index (χ1) is 9.87. The van der Waals surface area contributed by atoms with Crippen LogP contribution in [0.4, 0.5) is 18.9 Å². The zero-order chi connectivity index (χ0) is 15.5. The Morgan fingerprint density at radius 2 is 2.10 bits per heavy atom. The summed E-state index contributed by atoms with van der Waals surface area (Å²) in [7, 11) is 0. The van der Waals surface area contributed by atoms with Crippen molar-refractivity contribution in [3.63, 3.8) is 0 Å². The second kappa shape index (κ2) is 6.25. The number of anilines is 1. The van der Waals surface area contributed by atoms with E-state index in [0.717, 1.165) is 5.69 Å². The quantitative estimate of drug-likeness (QED) is 0.907. The van der Waals surface area contributed by atoms with E-state index in [1.165, 1.54) is 6.20 Å². The summed E-state index contributed by atoms with van der Waals surface area (Å²) in [6, 6.07) is 5.34. The van der Waals surface area contributed by atoms with Crippen molar-refractivity contribution in [3.8, 4) is 0 Å². The molecule has 0 aliphatic rings. The third-order valence-electron chi connectivity index (χ3n) is 2.50. The first-order valence-corrected chi connectivity index (χ1v) is 6.62. The molecular weight excluding hydrogens is 353 g/mol. The number of pyridine rings is 1. The lowest BCUT2D eigenvalue weighted by Gasteiger charge is -2.11. The number of hydrogen-bond donors (Lipinski definition) is 1. The molecule has 2 heterocycles. The van der Waals surface area contributed by atoms with Crippen molar-refractivity contribution in [2.45, 2.75) is 19.3 Å². The van der Waals surface area contributed by atoms with E-state index in [1.54, 1.807) is 24.4 Å². The molecule has 0 aliphatic heterocycles. The van der Waals surface area contributed by atoms with E-state index in [2.05, 4.69) is 31.3 Å². The normalized spacial score (nSPS) is 11.4. The summed E-state index contributed by atoms with van der Waals surface area (Å²) in [6.07, 6.45) is -1.72. The Hall–Kier alpha value is -1.90. The lowest BCUT2D eigenvalue weighted by molar-refractivity contribution is -0.143. The van der Waals surface area contributed by atoms with Crippen LogP contribution in [0.2, 0.25) is 0 Å². The van der Waals surface area contributed by atoms with E-state index in [4.69, 9.17) is 0 Å². The van der Waals surface area contributed by atoms with E-state index in [0.29, 0.717) is 16.9 Å². The van der Waals surface area contributed by atoms with Gasteiger partial charge >= 0.3 is 6.18 Å². The highest BCUT2D eigenvalue weighted by Crippen LogP contribution is 2.19. The number of nitrogens with zero attached hydrogens (tertiary/aromatic N) is 3. The minimum atomic E-state index is -4.50. The summed E-state index contributed by atoms with van der Waals surface area (Å²) < 4.78 is 37.2. The fourth-order valence-electron chi connectivity index (χ4n) is 1.56. The average molecular weight is 363 g/mol. The molecule has 2 rings (SSSR count). The number of nitrogens with one attached hydrogen (secondary N) is 1. The van der Waals surface area contributed by atoms with Crippen molar-refractivity contribution >= 4 is 21.6 Å². The maximum atomic E-state index is 12.3. The summed E-state index contributed by atoms with van der Waals surface area (Å²) in [5.41, 5.74) is 0.186. The SMILES string of the molecule is O=c1c(Br)c(NCc2ccccn2)cnn1CC(F)(F)F. The zero-order valence-electron chi connectivity index (χ0n) is 10.6. The molecule has 0 atom stereocenters. The minimum absolute atomic E-state index is 0.00215. The number of aromatic nitrogens is 3. The van der Waals surface area contributed by atoms with Crippen molar-refractivity contribution in [2.24, 2.45) is 0 Å². The first kappa shape index (κ1) is 15.5. The van der Waals surface area contributed by atoms with Gasteiger partial charge in [0.05, 0.1) is 24.1 Å². The van der Waals surface area contributed by atoms with Gasteiger partial charge < -0.3 is 5.32 Å². The lowest BCUT2D eigenvalue weighted by atomic mass is 10.3. The van der Waals surface area contributed by atoms with E-state index in [9.17, 15) is 18.0 Å². The number of halogens is 4. The van der Waals surface area contributed by atoms with Crippen LogP contribution in [-0.2, 0) is 13.1 Å². The van der Waals surface area contributed by atoms with Crippen LogP contribution < -0.4 is 10.9 Å². The molecule has 0 unspecified atom stereocenters. The lowest BCUT2D eigenvalue weighted by Crippen LogP contribution is -2.31. The van der Waals surface area contributed by atoms with E-state index >= 15 is 0 Å². The fraction of sp³-hybridized carbons (Fsp3) is 0.250. The molecule has 0 spiro atoms. The molecule has 0 saturated heterocycles. The monoisotopic (exact) mass is 362 g/mol. The molecule has 2 aromatic heterocycles. The molecule has 21 heavy (non-hydrogen) atoms. The van der Waals surface area contributed by atoms with Gasteiger partial charge in [0.1, 0.15) is 11.0 Å². The minimum Gasteiger partial charge on any atom is -0.377 e. The largest absolute Gasteiger partial charge is 0.408 e. The summed E-state index contributed by atoms with van der Waals surface area (Å²) in [5, 5.41) is 6.40. The molecule has 0 bridgehead atoms. The standard InChI is InChI=1S/C12H10BrF3N4O/c13-10-9(18-5-8-3-1-2-4-17-8)6-19-20(11(10)21)7-12(14,15)16/h1-4,6,18H,5,7H2. The summed E-state index contributed by atoms with van der Waals surface area (Å²) in [5.74, 6) is 0. The first-order valence-electron chi connectivity index (χ1n) is 5.83. The van der Waals surface area contributed by atoms with Gasteiger partial charge in [-0.05, 0) is 28.1 Å². The van der Waals surface area contributed by atoms with E-state index in [-0.39, 0.29) is 4.47 Å². The van der Waals surface area contributed by atoms with Crippen LogP contribution in [0.3, 0.4) is 0 Å². The van der Waals surface area contributed by atoms with Gasteiger partial charge in [0.15, 0.2) is 0 Å². The summed E-state index contributed by atoms with van der Waals surface area (Å²) in [4.78, 5) is 15.9. The van der Waals surface area contributed by atoms with Crippen molar-refractivity contribution in [2.75, 3.05) is 5.32 Å². The van der Waals surface area contributed by atoms with Crippen LogP contribution in [-0.4, -0.2) is 20.9 Å². The van der Waals surface area contributed by atoms with Crippen LogP contribution in [0, 0.1) is 0 Å². The Labute approximate surface area is 125 Å². The molecule has 0 saturated carbocycles. The molecule has 0 fully saturated rings. The number of rotatable bonds is 4. The molecular formula is C12H10BrF3N4O. The fourth-order valence-corrected chi connectivity index (χ4v) is 2.01. The molecule has 2 aromatic rings. The predicted octanol–water partition coefficient (Wildman–Crippen LogP) is 2.58. The summed E-state index contributed by atoms with van der Waals surface area (Å²) >= 11 is 2.99. The van der Waals surface area contributed by atoms with Gasteiger partial charge in [0.25, 0.3) is 5.56 Å². The topological polar surface area (TPSA) is 59.8 Å². The average Bonchev–Trinajstić information content (AvgIpc) is 2.43.